The van der Waals surface area contributed by atoms with Gasteiger partial charge in [0.1, 0.15) is 5.82 Å². The summed E-state index contributed by atoms with van der Waals surface area (Å²) in [7, 11) is 0. The Morgan fingerprint density at radius 1 is 1.05 bits per heavy atom. The van der Waals surface area contributed by atoms with Crippen LogP contribution in [0.4, 0.5) is 10.5 Å². The summed E-state index contributed by atoms with van der Waals surface area (Å²) in [6, 6.07) is 20.6. The first-order chi connectivity index (χ1) is 19.6. The van der Waals surface area contributed by atoms with Gasteiger partial charge in [0.05, 0.1) is 24.2 Å². The molecule has 6 rings (SSSR count). The highest BCUT2D eigenvalue weighted by Gasteiger charge is 2.19. The van der Waals surface area contributed by atoms with Gasteiger partial charge in [0, 0.05) is 37.3 Å². The highest BCUT2D eigenvalue weighted by atomic mass is 16.5. The van der Waals surface area contributed by atoms with E-state index in [0.29, 0.717) is 38.7 Å². The maximum Gasteiger partial charge on any atom is 0.322 e. The van der Waals surface area contributed by atoms with Gasteiger partial charge in [0.15, 0.2) is 5.82 Å². The third-order valence-corrected chi connectivity index (χ3v) is 7.28. The van der Waals surface area contributed by atoms with Gasteiger partial charge in [-0.25, -0.2) is 14.9 Å². The van der Waals surface area contributed by atoms with E-state index in [4.69, 9.17) is 9.72 Å². The average molecular weight is 537 g/mol. The lowest BCUT2D eigenvalue weighted by Gasteiger charge is -2.27. The molecular weight excluding hydrogens is 504 g/mol. The number of urea groups is 1. The first kappa shape index (κ1) is 25.7. The molecular formula is C30H32N8O2. The number of amides is 2. The van der Waals surface area contributed by atoms with Crippen molar-refractivity contribution in [1.82, 2.24) is 35.1 Å². The fraction of sp³-hybridized carbons (Fsp3) is 0.300. The fourth-order valence-electron chi connectivity index (χ4n) is 5.26. The molecule has 0 atom stereocenters. The number of imidazole rings is 1. The molecule has 2 amide bonds. The molecule has 10 nitrogen and oxygen atoms in total. The van der Waals surface area contributed by atoms with Crippen molar-refractivity contribution in [2.45, 2.75) is 33.2 Å². The van der Waals surface area contributed by atoms with Crippen LogP contribution < -0.4 is 5.32 Å². The zero-order valence-corrected chi connectivity index (χ0v) is 22.7. The van der Waals surface area contributed by atoms with Crippen LogP contribution in [0.5, 0.6) is 0 Å². The minimum absolute atomic E-state index is 0.0983. The summed E-state index contributed by atoms with van der Waals surface area (Å²) in [6.07, 6.45) is 1.87. The molecule has 40 heavy (non-hydrogen) atoms. The molecule has 0 unspecified atom stereocenters. The molecule has 2 aromatic heterocycles. The number of carbonyl (C=O) groups excluding carboxylic acids is 1. The average Bonchev–Trinajstić information content (AvgIpc) is 3.64. The molecule has 1 saturated heterocycles. The summed E-state index contributed by atoms with van der Waals surface area (Å²) >= 11 is 0. The second kappa shape index (κ2) is 11.3. The molecule has 3 heterocycles. The molecule has 0 saturated carbocycles. The van der Waals surface area contributed by atoms with Crippen molar-refractivity contribution in [3.8, 4) is 22.5 Å². The minimum Gasteiger partial charge on any atom is -0.378 e. The van der Waals surface area contributed by atoms with Gasteiger partial charge in [0.2, 0.25) is 0 Å². The normalized spacial score (nSPS) is 13.6. The summed E-state index contributed by atoms with van der Waals surface area (Å²) in [5.74, 6) is 1.69. The lowest BCUT2D eigenvalue weighted by Crippen LogP contribution is -2.43. The molecule has 0 aliphatic carbocycles. The zero-order valence-electron chi connectivity index (χ0n) is 22.7. The van der Waals surface area contributed by atoms with E-state index in [0.717, 1.165) is 57.6 Å². The van der Waals surface area contributed by atoms with Crippen molar-refractivity contribution < 1.29 is 9.53 Å². The molecule has 0 radical (unpaired) electrons. The van der Waals surface area contributed by atoms with E-state index < -0.39 is 0 Å². The first-order valence-corrected chi connectivity index (χ1v) is 13.7. The van der Waals surface area contributed by atoms with Gasteiger partial charge in [-0.2, -0.15) is 0 Å². The van der Waals surface area contributed by atoms with Crippen molar-refractivity contribution in [2.75, 3.05) is 31.6 Å². The summed E-state index contributed by atoms with van der Waals surface area (Å²) < 4.78 is 7.66. The number of morpholine rings is 1. The number of aromatic nitrogens is 6. The SMILES string of the molecule is CCCc1nc2c(C)cc(NC(=O)N3CCOCC3)cc2n1Cc1ccc(-c2ccccc2-c2nnn[nH]2)cc1. The number of H-pyrrole nitrogens is 1. The van der Waals surface area contributed by atoms with Gasteiger partial charge in [0.25, 0.3) is 0 Å². The van der Waals surface area contributed by atoms with Gasteiger partial charge in [-0.15, -0.1) is 5.10 Å². The number of tetrazole rings is 1. The van der Waals surface area contributed by atoms with Gasteiger partial charge in [-0.3, -0.25) is 0 Å². The molecule has 1 aliphatic rings. The van der Waals surface area contributed by atoms with Crippen LogP contribution in [0.25, 0.3) is 33.5 Å². The van der Waals surface area contributed by atoms with Crippen LogP contribution in [0.2, 0.25) is 0 Å². The Kier molecular flexibility index (Phi) is 7.24. The Morgan fingerprint density at radius 2 is 1.82 bits per heavy atom. The first-order valence-electron chi connectivity index (χ1n) is 13.7. The largest absolute Gasteiger partial charge is 0.378 e. The van der Waals surface area contributed by atoms with E-state index in [1.54, 1.807) is 4.90 Å². The molecule has 204 valence electrons. The summed E-state index contributed by atoms with van der Waals surface area (Å²) in [5, 5.41) is 17.5. The van der Waals surface area contributed by atoms with Crippen LogP contribution in [-0.4, -0.2) is 67.4 Å². The Hall–Kier alpha value is -4.57. The smallest absolute Gasteiger partial charge is 0.322 e. The molecule has 1 aliphatic heterocycles. The van der Waals surface area contributed by atoms with Gasteiger partial charge < -0.3 is 19.5 Å². The topological polar surface area (TPSA) is 114 Å². The van der Waals surface area contributed by atoms with Crippen LogP contribution in [0.3, 0.4) is 0 Å². The quantitative estimate of drug-likeness (QED) is 0.301. The maximum atomic E-state index is 12.9. The number of benzene rings is 3. The number of ether oxygens (including phenoxy) is 1. The van der Waals surface area contributed by atoms with E-state index in [2.05, 4.69) is 74.7 Å². The maximum absolute atomic E-state index is 12.9. The van der Waals surface area contributed by atoms with Crippen LogP contribution in [0.1, 0.15) is 30.3 Å². The van der Waals surface area contributed by atoms with Crippen LogP contribution in [0.15, 0.2) is 60.7 Å². The second-order valence-electron chi connectivity index (χ2n) is 10.0. The molecule has 2 N–H and O–H groups in total. The molecule has 10 heteroatoms. The highest BCUT2D eigenvalue weighted by molar-refractivity contribution is 5.93. The molecule has 0 spiro atoms. The third kappa shape index (κ3) is 5.17. The van der Waals surface area contributed by atoms with Crippen molar-refractivity contribution in [3.63, 3.8) is 0 Å². The molecule has 1 fully saturated rings. The summed E-state index contributed by atoms with van der Waals surface area (Å²) in [4.78, 5) is 19.7. The van der Waals surface area contributed by atoms with E-state index in [1.165, 1.54) is 5.56 Å². The zero-order chi connectivity index (χ0) is 27.5. The highest BCUT2D eigenvalue weighted by Crippen LogP contribution is 2.31. The second-order valence-corrected chi connectivity index (χ2v) is 10.0. The van der Waals surface area contributed by atoms with Gasteiger partial charge >= 0.3 is 6.03 Å². The minimum atomic E-state index is -0.0983. The summed E-state index contributed by atoms with van der Waals surface area (Å²) in [6.45, 7) is 7.24. The number of carbonyl (C=O) groups is 1. The van der Waals surface area contributed by atoms with Crippen molar-refractivity contribution in [1.29, 1.82) is 0 Å². The number of anilines is 1. The Labute approximate surface area is 232 Å². The van der Waals surface area contributed by atoms with E-state index in [9.17, 15) is 4.79 Å². The van der Waals surface area contributed by atoms with E-state index in [-0.39, 0.29) is 6.03 Å². The van der Waals surface area contributed by atoms with Crippen LogP contribution >= 0.6 is 0 Å². The predicted octanol–water partition coefficient (Wildman–Crippen LogP) is 5.06. The lowest BCUT2D eigenvalue weighted by atomic mass is 9.98. The Morgan fingerprint density at radius 3 is 2.55 bits per heavy atom. The number of aromatic amines is 1. The van der Waals surface area contributed by atoms with E-state index >= 15 is 0 Å². The summed E-state index contributed by atoms with van der Waals surface area (Å²) in [5.41, 5.74) is 8.08. The number of nitrogens with zero attached hydrogens (tertiary/aromatic N) is 6. The molecule has 0 bridgehead atoms. The predicted molar refractivity (Wildman–Crippen MR) is 154 cm³/mol. The number of hydrogen-bond donors (Lipinski definition) is 2. The Balaban J connectivity index is 1.30. The lowest BCUT2D eigenvalue weighted by molar-refractivity contribution is 0.0564. The van der Waals surface area contributed by atoms with Crippen molar-refractivity contribution in [3.05, 3.63) is 77.6 Å². The van der Waals surface area contributed by atoms with Crippen LogP contribution in [0, 0.1) is 6.92 Å². The van der Waals surface area contributed by atoms with Gasteiger partial charge in [-0.1, -0.05) is 55.5 Å². The third-order valence-electron chi connectivity index (χ3n) is 7.28. The number of rotatable bonds is 7. The Bertz CT molecular complexity index is 1620. The standard InChI is InChI=1S/C30H32N8O2/c1-3-6-27-32-28-20(2)17-23(31-30(39)37-13-15-40-16-14-37)18-26(28)38(27)19-21-9-11-22(12-10-21)24-7-4-5-8-25(24)29-33-35-36-34-29/h4-5,7-12,17-18H,3,6,13-16,19H2,1-2H3,(H,31,39)(H,33,34,35,36). The molecule has 5 aromatic rings. The number of nitrogens with one attached hydrogen (secondary N) is 2. The van der Waals surface area contributed by atoms with Crippen LogP contribution in [-0.2, 0) is 17.7 Å². The van der Waals surface area contributed by atoms with Crippen molar-refractivity contribution >= 4 is 22.8 Å². The van der Waals surface area contributed by atoms with Crippen molar-refractivity contribution in [2.24, 2.45) is 0 Å². The fourth-order valence-corrected chi connectivity index (χ4v) is 5.26. The number of aryl methyl sites for hydroxylation is 2. The number of hydrogen-bond acceptors (Lipinski definition) is 6. The van der Waals surface area contributed by atoms with Gasteiger partial charge in [-0.05, 0) is 58.2 Å². The van der Waals surface area contributed by atoms with E-state index in [1.807, 2.05) is 30.3 Å². The monoisotopic (exact) mass is 536 g/mol. The molecule has 3 aromatic carbocycles. The number of fused-ring (bicyclic) bond motifs is 1.